The van der Waals surface area contributed by atoms with Gasteiger partial charge in [-0.25, -0.2) is 10.2 Å². The highest BCUT2D eigenvalue weighted by Gasteiger charge is 2.49. The first-order valence-corrected chi connectivity index (χ1v) is 19.6. The van der Waals surface area contributed by atoms with Crippen LogP contribution < -0.4 is 36.9 Å². The van der Waals surface area contributed by atoms with E-state index in [9.17, 15) is 63.9 Å². The number of halogens is 1. The lowest BCUT2D eigenvalue weighted by molar-refractivity contribution is -0.144. The van der Waals surface area contributed by atoms with Crippen LogP contribution in [-0.4, -0.2) is 133 Å². The molecule has 1 heterocycles. The van der Waals surface area contributed by atoms with Gasteiger partial charge in [-0.15, -0.1) is 6.58 Å². The van der Waals surface area contributed by atoms with E-state index in [0.29, 0.717) is 0 Å². The van der Waals surface area contributed by atoms with Crippen molar-refractivity contribution in [2.75, 3.05) is 39.8 Å². The number of carbonyl (C=O) groups is 8. The number of hydrazine groups is 1. The van der Waals surface area contributed by atoms with E-state index in [1.165, 1.54) is 25.3 Å². The summed E-state index contributed by atoms with van der Waals surface area (Å²) in [5, 5.41) is 64.3. The zero-order valence-electron chi connectivity index (χ0n) is 32.3. The first kappa shape index (κ1) is 45.4. The average molecular weight is 950 g/mol. The summed E-state index contributed by atoms with van der Waals surface area (Å²) in [5.41, 5.74) is -0.312. The fourth-order valence-electron chi connectivity index (χ4n) is 7.15. The molecule has 0 aromatic heterocycles. The van der Waals surface area contributed by atoms with Crippen molar-refractivity contribution in [1.29, 1.82) is 0 Å². The maximum atomic E-state index is 13.5. The van der Waals surface area contributed by atoms with Gasteiger partial charge in [0.05, 0.1) is 48.9 Å². The maximum absolute atomic E-state index is 13.5. The predicted molar refractivity (Wildman–Crippen MR) is 215 cm³/mol. The summed E-state index contributed by atoms with van der Waals surface area (Å²) in [5.74, 6) is -7.07. The molecule has 2 aromatic carbocycles. The predicted octanol–water partition coefficient (Wildman–Crippen LogP) is -1.79. The van der Waals surface area contributed by atoms with Gasteiger partial charge in [0, 0.05) is 65.4 Å². The van der Waals surface area contributed by atoms with Crippen LogP contribution in [0.25, 0.3) is 0 Å². The number of fused-ring (bicyclic) bond motifs is 3. The third-order valence-electron chi connectivity index (χ3n) is 10.4. The van der Waals surface area contributed by atoms with E-state index >= 15 is 0 Å². The van der Waals surface area contributed by atoms with Gasteiger partial charge in [0.2, 0.25) is 23.5 Å². The highest BCUT2D eigenvalue weighted by molar-refractivity contribution is 14.1. The average Bonchev–Trinajstić information content (AvgIpc) is 3.51. The zero-order chi connectivity index (χ0) is 44.3. The lowest BCUT2D eigenvalue weighted by Crippen LogP contribution is -2.54. The number of aliphatic hydroxyl groups is 3. The number of likely N-dealkylation sites (tertiary alicyclic amines) is 1. The van der Waals surface area contributed by atoms with Crippen molar-refractivity contribution in [1.82, 2.24) is 37.0 Å². The number of aliphatic hydroxyl groups excluding tert-OH is 2. The minimum atomic E-state index is -2.37. The number of alkyl halides is 1. The minimum absolute atomic E-state index is 0.0244. The van der Waals surface area contributed by atoms with Crippen LogP contribution >= 0.6 is 22.6 Å². The molecule has 21 nitrogen and oxygen atoms in total. The van der Waals surface area contributed by atoms with Gasteiger partial charge in [-0.2, -0.15) is 0 Å². The Morgan fingerprint density at radius 1 is 1.00 bits per heavy atom. The molecule has 1 aliphatic heterocycles. The molecule has 0 spiro atoms. The van der Waals surface area contributed by atoms with Crippen molar-refractivity contribution >= 4 is 69.7 Å². The van der Waals surface area contributed by atoms with E-state index in [-0.39, 0.29) is 72.3 Å². The van der Waals surface area contributed by atoms with Crippen LogP contribution in [0.2, 0.25) is 0 Å². The van der Waals surface area contributed by atoms with Gasteiger partial charge in [0.15, 0.2) is 5.78 Å². The number of phenols is 2. The molecular formula is C38H44IN7O14. The number of carbonyl (C=O) groups excluding carboxylic acids is 8. The summed E-state index contributed by atoms with van der Waals surface area (Å²) in [6.45, 7) is 3.93. The summed E-state index contributed by atoms with van der Waals surface area (Å²) in [7, 11) is 1.29. The summed E-state index contributed by atoms with van der Waals surface area (Å²) < 4.78 is 4.60. The Morgan fingerprint density at radius 3 is 2.37 bits per heavy atom. The van der Waals surface area contributed by atoms with Crippen LogP contribution in [0, 0.1) is 5.92 Å². The van der Waals surface area contributed by atoms with E-state index in [1.807, 2.05) is 10.9 Å². The Hall–Kier alpha value is -5.69. The molecule has 3 unspecified atom stereocenters. The largest absolute Gasteiger partial charge is 0.507 e. The number of imide groups is 1. The molecule has 2 aliphatic carbocycles. The zero-order valence-corrected chi connectivity index (χ0v) is 34.5. The number of rotatable bonds is 15. The van der Waals surface area contributed by atoms with E-state index < -0.39 is 111 Å². The Labute approximate surface area is 355 Å². The number of benzene rings is 2. The number of amides is 7. The van der Waals surface area contributed by atoms with Gasteiger partial charge < -0.3 is 46.2 Å². The summed E-state index contributed by atoms with van der Waals surface area (Å²) in [4.78, 5) is 103. The number of aromatic hydroxyl groups is 2. The number of urea groups is 1. The van der Waals surface area contributed by atoms with Crippen molar-refractivity contribution in [2.24, 2.45) is 5.92 Å². The molecule has 0 saturated carbocycles. The number of phenolic OH excluding ortho intramolecular Hbond substituents is 2. The second kappa shape index (κ2) is 18.3. The molecule has 7 amide bonds. The maximum Gasteiger partial charge on any atom is 0.333 e. The number of methoxy groups -OCH3 is 1. The van der Waals surface area contributed by atoms with Crippen LogP contribution in [0.5, 0.6) is 17.2 Å². The van der Waals surface area contributed by atoms with Crippen molar-refractivity contribution in [3.8, 4) is 17.2 Å². The Kier molecular flexibility index (Phi) is 13.8. The van der Waals surface area contributed by atoms with Crippen molar-refractivity contribution in [3.63, 3.8) is 0 Å². The Bertz CT molecular complexity index is 2160. The SMILES string of the molecule is C=CC(C)(I)C1CC(=O)N(CCC(O)NCC(=O)NCC(=O)NNC(=O)NCCNC(=O)[C@]2(O)Cc3c(O)c4c(c(O)c3[C@@H](O)C2)C(=O)c2c(OC)cccc2C4=O)C1=O. The fourth-order valence-corrected chi connectivity index (χ4v) is 7.64. The van der Waals surface area contributed by atoms with Crippen molar-refractivity contribution < 1.29 is 68.6 Å². The second-order valence-corrected chi connectivity index (χ2v) is 16.8. The van der Waals surface area contributed by atoms with Crippen LogP contribution in [0.3, 0.4) is 0 Å². The first-order valence-electron chi connectivity index (χ1n) is 18.5. The number of nitrogens with one attached hydrogen (secondary N) is 6. The molecule has 60 heavy (non-hydrogen) atoms. The monoisotopic (exact) mass is 949 g/mol. The molecule has 5 rings (SSSR count). The number of nitrogens with zero attached hydrogens (tertiary/aromatic N) is 1. The molecule has 2 aromatic rings. The summed E-state index contributed by atoms with van der Waals surface area (Å²) >= 11 is 2.06. The van der Waals surface area contributed by atoms with E-state index in [0.717, 1.165) is 4.90 Å². The van der Waals surface area contributed by atoms with Gasteiger partial charge in [-0.05, 0) is 13.0 Å². The van der Waals surface area contributed by atoms with Crippen LogP contribution in [0.4, 0.5) is 4.79 Å². The van der Waals surface area contributed by atoms with Crippen LogP contribution in [0.15, 0.2) is 30.9 Å². The molecule has 11 N–H and O–H groups in total. The van der Waals surface area contributed by atoms with Crippen LogP contribution in [0.1, 0.15) is 75.3 Å². The van der Waals surface area contributed by atoms with Crippen molar-refractivity contribution in [2.45, 2.75) is 54.0 Å². The summed E-state index contributed by atoms with van der Waals surface area (Å²) in [6, 6.07) is 3.31. The molecule has 5 atom stereocenters. The molecule has 22 heteroatoms. The van der Waals surface area contributed by atoms with E-state index in [4.69, 9.17) is 4.74 Å². The Morgan fingerprint density at radius 2 is 1.68 bits per heavy atom. The number of allylic oxidation sites excluding steroid dienone is 1. The lowest BCUT2D eigenvalue weighted by atomic mass is 9.72. The topological polar surface area (TPSA) is 322 Å². The van der Waals surface area contributed by atoms with Gasteiger partial charge in [0.1, 0.15) is 29.1 Å². The molecule has 1 fully saturated rings. The number of ether oxygens (including phenoxy) is 1. The van der Waals surface area contributed by atoms with E-state index in [2.05, 4.69) is 50.4 Å². The van der Waals surface area contributed by atoms with Gasteiger partial charge >= 0.3 is 6.03 Å². The molecule has 3 aliphatic rings. The minimum Gasteiger partial charge on any atom is -0.507 e. The Balaban J connectivity index is 1.02. The van der Waals surface area contributed by atoms with Gasteiger partial charge in [0.25, 0.3) is 11.8 Å². The fraction of sp³-hybridized carbons (Fsp3) is 0.421. The third-order valence-corrected chi connectivity index (χ3v) is 11.6. The molecule has 1 saturated heterocycles. The smallest absolute Gasteiger partial charge is 0.333 e. The van der Waals surface area contributed by atoms with Gasteiger partial charge in [-0.1, -0.05) is 40.8 Å². The molecule has 0 radical (unpaired) electrons. The highest BCUT2D eigenvalue weighted by Crippen LogP contribution is 2.51. The molecule has 0 bridgehead atoms. The normalized spacial score (nSPS) is 20.8. The molecule has 322 valence electrons. The number of ketones is 2. The van der Waals surface area contributed by atoms with E-state index in [1.54, 1.807) is 13.0 Å². The van der Waals surface area contributed by atoms with Crippen molar-refractivity contribution in [3.05, 3.63) is 64.2 Å². The van der Waals surface area contributed by atoms with Crippen LogP contribution in [-0.2, 0) is 30.4 Å². The third kappa shape index (κ3) is 9.21. The quantitative estimate of drug-likeness (QED) is 0.0117. The second-order valence-electron chi connectivity index (χ2n) is 14.5. The summed E-state index contributed by atoms with van der Waals surface area (Å²) in [6.07, 6.45) is -2.79. The van der Waals surface area contributed by atoms with Gasteiger partial charge in [-0.3, -0.25) is 49.2 Å². The molecular weight excluding hydrogens is 905 g/mol. The lowest BCUT2D eigenvalue weighted by Gasteiger charge is -2.37. The number of hydrogen-bond donors (Lipinski definition) is 11. The number of hydrogen-bond acceptors (Lipinski definition) is 15. The first-order chi connectivity index (χ1) is 28.3. The standard InChI is InChI=1S/C38H44IN7O14/c1-4-37(2,39)19-12-25(51)46(34(19)56)11-8-22(48)42-15-23(49)43-16-24(50)44-45-36(58)41-10-9-40-35(57)38(59)13-18-26(20(47)14-38)32(54)29-28(31(18)53)30(52)17-6-5-7-21(60-3)27(17)33(29)55/h4-7,19-20,22,42,47-48,53-54,59H,1,8-16H2,2-3H3,(H,40,57)(H,43,49)(H,44,50)(H2,41,45,58)/t19?,20-,22?,37?,38-/m0/s1. The highest BCUT2D eigenvalue weighted by atomic mass is 127.